The lowest BCUT2D eigenvalue weighted by atomic mass is 10.1. The van der Waals surface area contributed by atoms with Crippen molar-refractivity contribution in [3.63, 3.8) is 0 Å². The standard InChI is InChI=1S/C12H16N2O3S2/c1-9(6-10-4-5-18-8-10)14-19(15,16)12-3-2-11(7-13)17-12/h2-5,8-9,14H,6-7,13H2,1H3. The Morgan fingerprint density at radius 2 is 2.21 bits per heavy atom. The highest BCUT2D eigenvalue weighted by Crippen LogP contribution is 2.15. The highest BCUT2D eigenvalue weighted by molar-refractivity contribution is 7.89. The molecule has 3 N–H and O–H groups in total. The third kappa shape index (κ3) is 3.66. The fourth-order valence-corrected chi connectivity index (χ4v) is 3.61. The van der Waals surface area contributed by atoms with Crippen molar-refractivity contribution in [1.82, 2.24) is 4.72 Å². The van der Waals surface area contributed by atoms with Gasteiger partial charge in [0.25, 0.3) is 10.0 Å². The van der Waals surface area contributed by atoms with Gasteiger partial charge >= 0.3 is 0 Å². The van der Waals surface area contributed by atoms with Crippen molar-refractivity contribution in [3.05, 3.63) is 40.3 Å². The molecule has 0 amide bonds. The van der Waals surface area contributed by atoms with Crippen LogP contribution in [-0.4, -0.2) is 14.5 Å². The average molecular weight is 300 g/mol. The molecule has 7 heteroatoms. The van der Waals surface area contributed by atoms with Crippen LogP contribution in [0.2, 0.25) is 0 Å². The van der Waals surface area contributed by atoms with E-state index in [0.717, 1.165) is 5.56 Å². The Kier molecular flexibility index (Phi) is 4.41. The molecule has 2 rings (SSSR count). The van der Waals surface area contributed by atoms with E-state index in [9.17, 15) is 8.42 Å². The second-order valence-corrected chi connectivity index (χ2v) is 6.71. The molecule has 0 aliphatic rings. The second kappa shape index (κ2) is 5.87. The molecule has 0 saturated carbocycles. The number of furan rings is 1. The summed E-state index contributed by atoms with van der Waals surface area (Å²) in [6.45, 7) is 2.00. The Morgan fingerprint density at radius 3 is 2.79 bits per heavy atom. The number of nitrogens with two attached hydrogens (primary N) is 1. The van der Waals surface area contributed by atoms with Gasteiger partial charge in [-0.15, -0.1) is 0 Å². The number of hydrogen-bond acceptors (Lipinski definition) is 5. The zero-order chi connectivity index (χ0) is 13.9. The van der Waals surface area contributed by atoms with Gasteiger partial charge in [0.05, 0.1) is 6.54 Å². The van der Waals surface area contributed by atoms with Crippen molar-refractivity contribution in [2.75, 3.05) is 0 Å². The molecule has 0 saturated heterocycles. The SMILES string of the molecule is CC(Cc1ccsc1)NS(=O)(=O)c1ccc(CN)o1. The van der Waals surface area contributed by atoms with Gasteiger partial charge in [0.15, 0.2) is 0 Å². The largest absolute Gasteiger partial charge is 0.447 e. The van der Waals surface area contributed by atoms with Gasteiger partial charge in [-0.1, -0.05) is 0 Å². The first-order chi connectivity index (χ1) is 9.01. The lowest BCUT2D eigenvalue weighted by Crippen LogP contribution is -2.33. The first-order valence-corrected chi connectivity index (χ1v) is 8.26. The molecule has 1 atom stereocenters. The fourth-order valence-electron chi connectivity index (χ4n) is 1.74. The molecule has 0 spiro atoms. The number of thiophene rings is 1. The van der Waals surface area contributed by atoms with Gasteiger partial charge < -0.3 is 10.2 Å². The molecule has 2 aromatic heterocycles. The summed E-state index contributed by atoms with van der Waals surface area (Å²) in [4.78, 5) is 0. The Bertz CT molecular complexity index is 617. The maximum absolute atomic E-state index is 12.1. The smallest absolute Gasteiger partial charge is 0.274 e. The second-order valence-electron chi connectivity index (χ2n) is 4.28. The van der Waals surface area contributed by atoms with Gasteiger partial charge in [0.1, 0.15) is 5.76 Å². The maximum atomic E-state index is 12.1. The average Bonchev–Trinajstić information content (AvgIpc) is 2.97. The van der Waals surface area contributed by atoms with Crippen molar-refractivity contribution in [2.45, 2.75) is 31.0 Å². The molecule has 104 valence electrons. The molecular formula is C12H16N2O3S2. The van der Waals surface area contributed by atoms with E-state index in [1.54, 1.807) is 17.4 Å². The lowest BCUT2D eigenvalue weighted by molar-refractivity contribution is 0.410. The molecule has 0 bridgehead atoms. The molecule has 0 aromatic carbocycles. The minimum atomic E-state index is -3.62. The van der Waals surface area contributed by atoms with Crippen LogP contribution in [0.5, 0.6) is 0 Å². The first-order valence-electron chi connectivity index (χ1n) is 5.83. The van der Waals surface area contributed by atoms with Crippen molar-refractivity contribution >= 4 is 21.4 Å². The fraction of sp³-hybridized carbons (Fsp3) is 0.333. The zero-order valence-electron chi connectivity index (χ0n) is 10.5. The number of nitrogens with one attached hydrogen (secondary N) is 1. The van der Waals surface area contributed by atoms with Crippen LogP contribution in [0.1, 0.15) is 18.2 Å². The molecule has 1 unspecified atom stereocenters. The number of rotatable bonds is 6. The molecule has 2 aromatic rings. The van der Waals surface area contributed by atoms with Gasteiger partial charge in [0, 0.05) is 6.04 Å². The van der Waals surface area contributed by atoms with Gasteiger partial charge in [-0.3, -0.25) is 0 Å². The van der Waals surface area contributed by atoms with Crippen molar-refractivity contribution < 1.29 is 12.8 Å². The van der Waals surface area contributed by atoms with E-state index in [-0.39, 0.29) is 17.7 Å². The summed E-state index contributed by atoms with van der Waals surface area (Å²) < 4.78 is 31.9. The van der Waals surface area contributed by atoms with E-state index in [0.29, 0.717) is 12.2 Å². The summed E-state index contributed by atoms with van der Waals surface area (Å²) in [6, 6.07) is 4.76. The zero-order valence-corrected chi connectivity index (χ0v) is 12.1. The first kappa shape index (κ1) is 14.3. The van der Waals surface area contributed by atoms with Crippen LogP contribution in [0.25, 0.3) is 0 Å². The number of sulfonamides is 1. The van der Waals surface area contributed by atoms with Crippen LogP contribution in [0, 0.1) is 0 Å². The predicted octanol–water partition coefficient (Wildman–Crippen LogP) is 1.71. The van der Waals surface area contributed by atoms with E-state index < -0.39 is 10.0 Å². The van der Waals surface area contributed by atoms with Crippen LogP contribution >= 0.6 is 11.3 Å². The van der Waals surface area contributed by atoms with Crippen LogP contribution in [0.15, 0.2) is 38.5 Å². The summed E-state index contributed by atoms with van der Waals surface area (Å²) in [7, 11) is -3.62. The van der Waals surface area contributed by atoms with Crippen molar-refractivity contribution in [2.24, 2.45) is 5.73 Å². The van der Waals surface area contributed by atoms with Crippen LogP contribution in [-0.2, 0) is 23.0 Å². The van der Waals surface area contributed by atoms with E-state index in [2.05, 4.69) is 4.72 Å². The van der Waals surface area contributed by atoms with E-state index in [1.165, 1.54) is 6.07 Å². The summed E-state index contributed by atoms with van der Waals surface area (Å²) in [5, 5.41) is 3.88. The Morgan fingerprint density at radius 1 is 1.42 bits per heavy atom. The van der Waals surface area contributed by atoms with Crippen LogP contribution in [0.4, 0.5) is 0 Å². The monoisotopic (exact) mass is 300 g/mol. The van der Waals surface area contributed by atoms with Gasteiger partial charge in [-0.2, -0.15) is 11.3 Å². The molecule has 5 nitrogen and oxygen atoms in total. The Labute approximate surface area is 116 Å². The maximum Gasteiger partial charge on any atom is 0.274 e. The third-order valence-corrected chi connectivity index (χ3v) is 4.78. The van der Waals surface area contributed by atoms with Crippen LogP contribution in [0.3, 0.4) is 0 Å². The molecule has 0 fully saturated rings. The van der Waals surface area contributed by atoms with Gasteiger partial charge in [-0.25, -0.2) is 13.1 Å². The van der Waals surface area contributed by atoms with Crippen LogP contribution < -0.4 is 10.5 Å². The highest BCUT2D eigenvalue weighted by atomic mass is 32.2. The molecule has 2 heterocycles. The molecule has 0 aliphatic carbocycles. The van der Waals surface area contributed by atoms with E-state index in [1.807, 2.05) is 23.8 Å². The minimum absolute atomic E-state index is 0.0925. The number of hydrogen-bond donors (Lipinski definition) is 2. The van der Waals surface area contributed by atoms with Gasteiger partial charge in [-0.05, 0) is 47.9 Å². The summed E-state index contributed by atoms with van der Waals surface area (Å²) in [6.07, 6.45) is 0.646. The summed E-state index contributed by atoms with van der Waals surface area (Å²) in [5.74, 6) is 0.450. The summed E-state index contributed by atoms with van der Waals surface area (Å²) in [5.41, 5.74) is 6.50. The Hall–Kier alpha value is -1.15. The molecule has 19 heavy (non-hydrogen) atoms. The lowest BCUT2D eigenvalue weighted by Gasteiger charge is -2.12. The van der Waals surface area contributed by atoms with E-state index >= 15 is 0 Å². The quantitative estimate of drug-likeness (QED) is 0.850. The van der Waals surface area contributed by atoms with Gasteiger partial charge in [0.2, 0.25) is 5.09 Å². The molecular weight excluding hydrogens is 284 g/mol. The molecule has 0 aliphatic heterocycles. The van der Waals surface area contributed by atoms with Crippen molar-refractivity contribution in [3.8, 4) is 0 Å². The normalized spacial score (nSPS) is 13.6. The van der Waals surface area contributed by atoms with E-state index in [4.69, 9.17) is 10.2 Å². The topological polar surface area (TPSA) is 85.3 Å². The Balaban J connectivity index is 2.04. The highest BCUT2D eigenvalue weighted by Gasteiger charge is 2.21. The predicted molar refractivity (Wildman–Crippen MR) is 74.4 cm³/mol. The van der Waals surface area contributed by atoms with Crippen molar-refractivity contribution in [1.29, 1.82) is 0 Å². The molecule has 0 radical (unpaired) electrons. The summed E-state index contributed by atoms with van der Waals surface area (Å²) >= 11 is 1.59. The minimum Gasteiger partial charge on any atom is -0.447 e. The third-order valence-electron chi connectivity index (χ3n) is 2.58.